The number of hydrogen-bond donors (Lipinski definition) is 2. The molecule has 1 fully saturated rings. The quantitative estimate of drug-likeness (QED) is 0.473. The number of anilines is 2. The van der Waals surface area contributed by atoms with Crippen LogP contribution in [0.25, 0.3) is 0 Å². The van der Waals surface area contributed by atoms with Gasteiger partial charge in [-0.3, -0.25) is 0 Å². The lowest BCUT2D eigenvalue weighted by atomic mass is 10.0. The minimum atomic E-state index is -4.97. The summed E-state index contributed by atoms with van der Waals surface area (Å²) < 4.78 is 91.6. The molecule has 4 rings (SSSR count). The number of rotatable bonds is 5. The second-order valence-corrected chi connectivity index (χ2v) is 7.93. The van der Waals surface area contributed by atoms with Gasteiger partial charge in [0.05, 0.1) is 23.8 Å². The maximum absolute atomic E-state index is 13.3. The second kappa shape index (κ2) is 9.38. The summed E-state index contributed by atoms with van der Waals surface area (Å²) in [6.07, 6.45) is -12.2. The molecule has 1 saturated heterocycles. The fourth-order valence-electron chi connectivity index (χ4n) is 3.86. The molecule has 35 heavy (non-hydrogen) atoms. The van der Waals surface area contributed by atoms with Crippen molar-refractivity contribution >= 4 is 11.9 Å². The van der Waals surface area contributed by atoms with E-state index in [-0.39, 0.29) is 30.1 Å². The van der Waals surface area contributed by atoms with Crippen LogP contribution in [0.4, 0.5) is 38.2 Å². The van der Waals surface area contributed by atoms with E-state index < -0.39 is 41.9 Å². The van der Waals surface area contributed by atoms with E-state index in [0.717, 1.165) is 0 Å². The number of morpholine rings is 1. The van der Waals surface area contributed by atoms with Crippen molar-refractivity contribution in [3.63, 3.8) is 0 Å². The molecule has 3 unspecified atom stereocenters. The van der Waals surface area contributed by atoms with E-state index in [1.165, 1.54) is 6.92 Å². The van der Waals surface area contributed by atoms with Gasteiger partial charge < -0.3 is 20.1 Å². The highest BCUT2D eigenvalue weighted by Crippen LogP contribution is 2.40. The predicted molar refractivity (Wildman–Crippen MR) is 113 cm³/mol. The monoisotopic (exact) mass is 501 g/mol. The Hall–Kier alpha value is -3.32. The lowest BCUT2D eigenvalue weighted by Gasteiger charge is -2.41. The number of aromatic nitrogens is 3. The predicted octanol–water partition coefficient (Wildman–Crippen LogP) is 5.11. The molecule has 0 amide bonds. The molecule has 0 saturated carbocycles. The van der Waals surface area contributed by atoms with E-state index in [1.54, 1.807) is 35.2 Å². The normalized spacial score (nSPS) is 20.1. The Bertz CT molecular complexity index is 1120. The van der Waals surface area contributed by atoms with Crippen LogP contribution < -0.4 is 10.6 Å². The number of alkyl halides is 6. The molecule has 13 heteroatoms. The fourth-order valence-corrected chi connectivity index (χ4v) is 3.86. The largest absolute Gasteiger partial charge is 0.416 e. The van der Waals surface area contributed by atoms with Crippen LogP contribution in [0.5, 0.6) is 0 Å². The van der Waals surface area contributed by atoms with Gasteiger partial charge in [-0.1, -0.05) is 30.3 Å². The third kappa shape index (κ3) is 5.51. The molecule has 188 valence electrons. The first-order valence-corrected chi connectivity index (χ1v) is 10.5. The third-order valence-electron chi connectivity index (χ3n) is 5.51. The van der Waals surface area contributed by atoms with Gasteiger partial charge in [0.2, 0.25) is 11.9 Å². The van der Waals surface area contributed by atoms with Gasteiger partial charge >= 0.3 is 12.4 Å². The zero-order chi connectivity index (χ0) is 25.4. The van der Waals surface area contributed by atoms with Gasteiger partial charge in [-0.05, 0) is 36.2 Å². The minimum absolute atomic E-state index is 0.0767. The number of halogens is 6. The van der Waals surface area contributed by atoms with Crippen LogP contribution in [-0.2, 0) is 21.8 Å². The first kappa shape index (κ1) is 24.8. The van der Waals surface area contributed by atoms with E-state index in [9.17, 15) is 26.3 Å². The van der Waals surface area contributed by atoms with Crippen LogP contribution in [0.3, 0.4) is 0 Å². The summed E-state index contributed by atoms with van der Waals surface area (Å²) in [5, 5.41) is 6.61. The summed E-state index contributed by atoms with van der Waals surface area (Å²) >= 11 is 0. The lowest BCUT2D eigenvalue weighted by Crippen LogP contribution is -2.47. The highest BCUT2D eigenvalue weighted by atomic mass is 19.4. The van der Waals surface area contributed by atoms with Crippen LogP contribution in [0.1, 0.15) is 41.3 Å². The topological polar surface area (TPSA) is 89.3 Å². The molecule has 1 aromatic heterocycles. The summed E-state index contributed by atoms with van der Waals surface area (Å²) in [5.41, 5.74) is 3.25. The van der Waals surface area contributed by atoms with E-state index >= 15 is 0 Å². The van der Waals surface area contributed by atoms with E-state index in [2.05, 4.69) is 15.2 Å². The average Bonchev–Trinajstić information content (AvgIpc) is 3.24. The van der Waals surface area contributed by atoms with Crippen LogP contribution in [0.15, 0.2) is 48.5 Å². The smallest absolute Gasteiger partial charge is 0.368 e. The number of nitrogens with one attached hydrogen (secondary N) is 1. The number of nitrogen functional groups attached to an aromatic ring is 1. The van der Waals surface area contributed by atoms with E-state index in [1.807, 2.05) is 0 Å². The van der Waals surface area contributed by atoms with Gasteiger partial charge in [0.1, 0.15) is 6.04 Å². The zero-order valence-electron chi connectivity index (χ0n) is 18.3. The molecule has 0 bridgehead atoms. The van der Waals surface area contributed by atoms with Crippen molar-refractivity contribution in [1.29, 1.82) is 0 Å². The van der Waals surface area contributed by atoms with E-state index in [0.29, 0.717) is 24.2 Å². The highest BCUT2D eigenvalue weighted by Gasteiger charge is 2.40. The molecular formula is C22H21F6N5O2. The average molecular weight is 501 g/mol. The Morgan fingerprint density at radius 1 is 1.06 bits per heavy atom. The summed E-state index contributed by atoms with van der Waals surface area (Å²) in [6.45, 7) is 1.85. The Morgan fingerprint density at radius 3 is 2.23 bits per heavy atom. The molecular weight excluding hydrogens is 480 g/mol. The van der Waals surface area contributed by atoms with Crippen molar-refractivity contribution in [2.45, 2.75) is 37.7 Å². The molecule has 2 aromatic carbocycles. The van der Waals surface area contributed by atoms with Crippen molar-refractivity contribution < 1.29 is 35.8 Å². The van der Waals surface area contributed by atoms with Gasteiger partial charge in [-0.2, -0.15) is 31.3 Å². The van der Waals surface area contributed by atoms with E-state index in [4.69, 9.17) is 15.2 Å². The van der Waals surface area contributed by atoms with Crippen molar-refractivity contribution in [2.75, 3.05) is 23.8 Å². The molecule has 0 aliphatic carbocycles. The Morgan fingerprint density at radius 2 is 1.69 bits per heavy atom. The maximum atomic E-state index is 13.3. The summed E-state index contributed by atoms with van der Waals surface area (Å²) in [7, 11) is 0. The Balaban J connectivity index is 1.68. The Kier molecular flexibility index (Phi) is 6.64. The molecule has 1 aliphatic heterocycles. The SMILES string of the molecule is CC(OC1OCCN(c2n[nH]c(N)n2)C1c1ccccc1)c1cc(C(F)(F)F)cc(C(F)(F)F)c1. The molecule has 0 radical (unpaired) electrons. The number of H-pyrrole nitrogens is 1. The molecule has 0 spiro atoms. The second-order valence-electron chi connectivity index (χ2n) is 7.93. The minimum Gasteiger partial charge on any atom is -0.368 e. The highest BCUT2D eigenvalue weighted by molar-refractivity contribution is 5.40. The molecule has 2 heterocycles. The number of hydrogen-bond acceptors (Lipinski definition) is 6. The zero-order valence-corrected chi connectivity index (χ0v) is 18.3. The molecule has 3 aromatic rings. The van der Waals surface area contributed by atoms with Crippen LogP contribution in [0.2, 0.25) is 0 Å². The molecule has 7 nitrogen and oxygen atoms in total. The number of nitrogens with zero attached hydrogens (tertiary/aromatic N) is 3. The number of benzene rings is 2. The van der Waals surface area contributed by atoms with Crippen LogP contribution in [-0.4, -0.2) is 34.6 Å². The molecule has 3 atom stereocenters. The first-order valence-electron chi connectivity index (χ1n) is 10.5. The van der Waals surface area contributed by atoms with Crippen LogP contribution in [0, 0.1) is 0 Å². The first-order chi connectivity index (χ1) is 16.4. The maximum Gasteiger partial charge on any atom is 0.416 e. The van der Waals surface area contributed by atoms with Gasteiger partial charge in [0.25, 0.3) is 0 Å². The number of ether oxygens (including phenoxy) is 2. The molecule has 3 N–H and O–H groups in total. The number of aromatic amines is 1. The Labute approximate surface area is 195 Å². The third-order valence-corrected chi connectivity index (χ3v) is 5.51. The van der Waals surface area contributed by atoms with Gasteiger partial charge in [-0.15, -0.1) is 5.10 Å². The van der Waals surface area contributed by atoms with Gasteiger partial charge in [-0.25, -0.2) is 5.10 Å². The van der Waals surface area contributed by atoms with Crippen molar-refractivity contribution in [2.24, 2.45) is 0 Å². The van der Waals surface area contributed by atoms with Crippen molar-refractivity contribution in [3.8, 4) is 0 Å². The van der Waals surface area contributed by atoms with Gasteiger partial charge in [0.15, 0.2) is 6.29 Å². The molecule has 1 aliphatic rings. The number of nitrogens with two attached hydrogens (primary N) is 1. The van der Waals surface area contributed by atoms with Gasteiger partial charge in [0, 0.05) is 6.54 Å². The fraction of sp³-hybridized carbons (Fsp3) is 0.364. The summed E-state index contributed by atoms with van der Waals surface area (Å²) in [5.74, 6) is 0.326. The van der Waals surface area contributed by atoms with Crippen LogP contribution >= 0.6 is 0 Å². The standard InChI is InChI=1S/C22H21F6N5O2/c1-12(14-9-15(21(23,24)25)11-16(10-14)22(26,27)28)35-18-17(13-5-3-2-4-6-13)33(7-8-34-18)20-30-19(29)31-32-20/h2-6,9-12,17-18H,7-8H2,1H3,(H3,29,30,31,32). The van der Waals surface area contributed by atoms with Crippen molar-refractivity contribution in [3.05, 3.63) is 70.8 Å². The lowest BCUT2D eigenvalue weighted by molar-refractivity contribution is -0.192. The summed E-state index contributed by atoms with van der Waals surface area (Å²) in [6, 6.07) is 9.63. The summed E-state index contributed by atoms with van der Waals surface area (Å²) in [4.78, 5) is 5.88. The van der Waals surface area contributed by atoms with Crippen molar-refractivity contribution in [1.82, 2.24) is 15.2 Å².